The zero-order valence-electron chi connectivity index (χ0n) is 12.0. The number of amides is 1. The SMILES string of the molecule is COc1ccc(CC(=O)NCCc2nc(C(=O)O)cs2)cc1. The van der Waals surface area contributed by atoms with Crippen LogP contribution >= 0.6 is 11.3 Å². The summed E-state index contributed by atoms with van der Waals surface area (Å²) < 4.78 is 5.06. The summed E-state index contributed by atoms with van der Waals surface area (Å²) >= 11 is 1.28. The molecule has 0 saturated carbocycles. The molecule has 1 heterocycles. The number of thiazole rings is 1. The van der Waals surface area contributed by atoms with Gasteiger partial charge in [0, 0.05) is 18.3 Å². The van der Waals surface area contributed by atoms with Crippen molar-refractivity contribution < 1.29 is 19.4 Å². The van der Waals surface area contributed by atoms with Crippen LogP contribution in [0.5, 0.6) is 5.75 Å². The molecule has 0 aliphatic rings. The van der Waals surface area contributed by atoms with Crippen LogP contribution in [0.2, 0.25) is 0 Å². The zero-order chi connectivity index (χ0) is 15.9. The van der Waals surface area contributed by atoms with E-state index >= 15 is 0 Å². The molecule has 1 aromatic heterocycles. The second kappa shape index (κ2) is 7.56. The van der Waals surface area contributed by atoms with Crippen molar-refractivity contribution in [3.05, 3.63) is 45.9 Å². The van der Waals surface area contributed by atoms with Gasteiger partial charge in [-0.3, -0.25) is 4.79 Å². The molecule has 2 aromatic rings. The van der Waals surface area contributed by atoms with Gasteiger partial charge < -0.3 is 15.2 Å². The predicted octanol–water partition coefficient (Wildman–Crippen LogP) is 1.75. The maximum atomic E-state index is 11.8. The normalized spacial score (nSPS) is 10.2. The van der Waals surface area contributed by atoms with E-state index in [0.717, 1.165) is 11.3 Å². The quantitative estimate of drug-likeness (QED) is 0.811. The molecule has 0 atom stereocenters. The third-order valence-electron chi connectivity index (χ3n) is 2.96. The second-order valence-electron chi connectivity index (χ2n) is 4.56. The van der Waals surface area contributed by atoms with E-state index in [-0.39, 0.29) is 11.6 Å². The molecule has 1 aromatic carbocycles. The number of nitrogens with one attached hydrogen (secondary N) is 1. The molecule has 22 heavy (non-hydrogen) atoms. The Balaban J connectivity index is 1.76. The molecule has 0 aliphatic carbocycles. The fourth-order valence-corrected chi connectivity index (χ4v) is 2.60. The highest BCUT2D eigenvalue weighted by atomic mass is 32.1. The van der Waals surface area contributed by atoms with Gasteiger partial charge in [0.1, 0.15) is 5.75 Å². The third kappa shape index (κ3) is 4.56. The zero-order valence-corrected chi connectivity index (χ0v) is 12.9. The minimum Gasteiger partial charge on any atom is -0.497 e. The molecule has 0 saturated heterocycles. The van der Waals surface area contributed by atoms with Crippen molar-refractivity contribution in [2.45, 2.75) is 12.8 Å². The number of aromatic carboxylic acids is 1. The van der Waals surface area contributed by atoms with Gasteiger partial charge in [-0.1, -0.05) is 12.1 Å². The number of carboxylic acids is 1. The molecule has 0 unspecified atom stereocenters. The van der Waals surface area contributed by atoms with E-state index in [1.54, 1.807) is 7.11 Å². The average Bonchev–Trinajstić information content (AvgIpc) is 2.97. The van der Waals surface area contributed by atoms with Gasteiger partial charge in [0.2, 0.25) is 5.91 Å². The Morgan fingerprint density at radius 3 is 2.64 bits per heavy atom. The van der Waals surface area contributed by atoms with Gasteiger partial charge >= 0.3 is 5.97 Å². The summed E-state index contributed by atoms with van der Waals surface area (Å²) in [5.41, 5.74) is 0.949. The van der Waals surface area contributed by atoms with Crippen molar-refractivity contribution in [1.29, 1.82) is 0 Å². The predicted molar refractivity (Wildman–Crippen MR) is 82.5 cm³/mol. The lowest BCUT2D eigenvalue weighted by Crippen LogP contribution is -2.27. The molecule has 0 fully saturated rings. The second-order valence-corrected chi connectivity index (χ2v) is 5.50. The summed E-state index contributed by atoms with van der Waals surface area (Å²) in [5.74, 6) is -0.367. The summed E-state index contributed by atoms with van der Waals surface area (Å²) in [5, 5.41) is 13.8. The number of carboxylic acid groups (broad SMARTS) is 1. The smallest absolute Gasteiger partial charge is 0.355 e. The van der Waals surface area contributed by atoms with Crippen molar-refractivity contribution in [3.8, 4) is 5.75 Å². The summed E-state index contributed by atoms with van der Waals surface area (Å²) in [7, 11) is 1.59. The largest absolute Gasteiger partial charge is 0.497 e. The van der Waals surface area contributed by atoms with E-state index in [4.69, 9.17) is 9.84 Å². The Morgan fingerprint density at radius 2 is 2.05 bits per heavy atom. The number of rotatable bonds is 7. The van der Waals surface area contributed by atoms with Crippen molar-refractivity contribution in [3.63, 3.8) is 0 Å². The Kier molecular flexibility index (Phi) is 5.48. The number of aromatic nitrogens is 1. The molecule has 6 nitrogen and oxygen atoms in total. The molecule has 0 aliphatic heterocycles. The molecule has 0 spiro atoms. The maximum absolute atomic E-state index is 11.8. The number of benzene rings is 1. The van der Waals surface area contributed by atoms with Crippen molar-refractivity contribution >= 4 is 23.2 Å². The fraction of sp³-hybridized carbons (Fsp3) is 0.267. The van der Waals surface area contributed by atoms with E-state index in [1.165, 1.54) is 16.7 Å². The molecule has 2 rings (SSSR count). The molecule has 116 valence electrons. The van der Waals surface area contributed by atoms with Gasteiger partial charge in [0.25, 0.3) is 0 Å². The van der Waals surface area contributed by atoms with Crippen LogP contribution in [0.15, 0.2) is 29.6 Å². The molecular weight excluding hydrogens is 304 g/mol. The van der Waals surface area contributed by atoms with Crippen LogP contribution in [0.25, 0.3) is 0 Å². The van der Waals surface area contributed by atoms with E-state index in [9.17, 15) is 9.59 Å². The van der Waals surface area contributed by atoms with Crippen LogP contribution in [0, 0.1) is 0 Å². The van der Waals surface area contributed by atoms with E-state index in [1.807, 2.05) is 24.3 Å². The summed E-state index contributed by atoms with van der Waals surface area (Å²) in [6, 6.07) is 7.31. The van der Waals surface area contributed by atoms with Gasteiger partial charge in [-0.15, -0.1) is 11.3 Å². The van der Waals surface area contributed by atoms with Gasteiger partial charge in [-0.2, -0.15) is 0 Å². The van der Waals surface area contributed by atoms with Crippen LogP contribution in [0.4, 0.5) is 0 Å². The van der Waals surface area contributed by atoms with E-state index < -0.39 is 5.97 Å². The van der Waals surface area contributed by atoms with E-state index in [0.29, 0.717) is 24.4 Å². The lowest BCUT2D eigenvalue weighted by atomic mass is 10.1. The minimum absolute atomic E-state index is 0.0459. The molecule has 2 N–H and O–H groups in total. The highest BCUT2D eigenvalue weighted by Crippen LogP contribution is 2.12. The number of hydrogen-bond acceptors (Lipinski definition) is 5. The van der Waals surface area contributed by atoms with Gasteiger partial charge in [0.15, 0.2) is 5.69 Å². The van der Waals surface area contributed by atoms with Crippen LogP contribution in [0.1, 0.15) is 21.1 Å². The average molecular weight is 320 g/mol. The monoisotopic (exact) mass is 320 g/mol. The fourth-order valence-electron chi connectivity index (χ4n) is 1.82. The number of nitrogens with zero attached hydrogens (tertiary/aromatic N) is 1. The van der Waals surface area contributed by atoms with Gasteiger partial charge in [0.05, 0.1) is 18.5 Å². The lowest BCUT2D eigenvalue weighted by molar-refractivity contribution is -0.120. The molecule has 7 heteroatoms. The molecule has 0 bridgehead atoms. The van der Waals surface area contributed by atoms with Crippen LogP contribution in [-0.4, -0.2) is 35.6 Å². The Bertz CT molecular complexity index is 652. The Hall–Kier alpha value is -2.41. The van der Waals surface area contributed by atoms with Crippen LogP contribution in [-0.2, 0) is 17.6 Å². The first-order valence-corrected chi connectivity index (χ1v) is 7.54. The number of carbonyl (C=O) groups is 2. The Morgan fingerprint density at radius 1 is 1.32 bits per heavy atom. The van der Waals surface area contributed by atoms with Crippen molar-refractivity contribution in [1.82, 2.24) is 10.3 Å². The highest BCUT2D eigenvalue weighted by molar-refractivity contribution is 7.09. The number of ether oxygens (including phenoxy) is 1. The first-order valence-electron chi connectivity index (χ1n) is 6.66. The lowest BCUT2D eigenvalue weighted by Gasteiger charge is -2.05. The number of hydrogen-bond donors (Lipinski definition) is 2. The summed E-state index contributed by atoms with van der Waals surface area (Å²) in [6.07, 6.45) is 0.814. The highest BCUT2D eigenvalue weighted by Gasteiger charge is 2.09. The number of carbonyl (C=O) groups excluding carboxylic acids is 1. The standard InChI is InChI=1S/C15H16N2O4S/c1-21-11-4-2-10(3-5-11)8-13(18)16-7-6-14-17-12(9-22-14)15(19)20/h2-5,9H,6-8H2,1H3,(H,16,18)(H,19,20). The first-order chi connectivity index (χ1) is 10.6. The summed E-state index contributed by atoms with van der Waals surface area (Å²) in [6.45, 7) is 0.432. The number of methoxy groups -OCH3 is 1. The summed E-state index contributed by atoms with van der Waals surface area (Å²) in [4.78, 5) is 26.5. The van der Waals surface area contributed by atoms with Crippen molar-refractivity contribution in [2.24, 2.45) is 0 Å². The molecular formula is C15H16N2O4S. The molecule has 1 amide bonds. The topological polar surface area (TPSA) is 88.5 Å². The van der Waals surface area contributed by atoms with Crippen molar-refractivity contribution in [2.75, 3.05) is 13.7 Å². The van der Waals surface area contributed by atoms with Crippen LogP contribution < -0.4 is 10.1 Å². The Labute approximate surface area is 131 Å². The molecule has 0 radical (unpaired) electrons. The van der Waals surface area contributed by atoms with Gasteiger partial charge in [-0.05, 0) is 17.7 Å². The van der Waals surface area contributed by atoms with Crippen LogP contribution in [0.3, 0.4) is 0 Å². The first kappa shape index (κ1) is 16.0. The third-order valence-corrected chi connectivity index (χ3v) is 3.86. The minimum atomic E-state index is -1.04. The van der Waals surface area contributed by atoms with E-state index in [2.05, 4.69) is 10.3 Å². The maximum Gasteiger partial charge on any atom is 0.355 e. The van der Waals surface area contributed by atoms with Gasteiger partial charge in [-0.25, -0.2) is 9.78 Å².